The number of carbonyl (C=O) groups excluding carboxylic acids is 1. The number of ketones is 1. The highest BCUT2D eigenvalue weighted by molar-refractivity contribution is 6.31. The van der Waals surface area contributed by atoms with Crippen molar-refractivity contribution in [3.05, 3.63) is 104 Å². The molecule has 0 amide bonds. The number of fused-ring (bicyclic) bond motifs is 3. The lowest BCUT2D eigenvalue weighted by molar-refractivity contribution is -0.384. The van der Waals surface area contributed by atoms with E-state index in [1.165, 1.54) is 12.1 Å². The van der Waals surface area contributed by atoms with Gasteiger partial charge in [0.05, 0.1) is 16.1 Å². The fraction of sp³-hybridized carbons (Fsp3) is 0.160. The maximum Gasteiger partial charge on any atom is 0.269 e. The zero-order chi connectivity index (χ0) is 22.9. The van der Waals surface area contributed by atoms with Gasteiger partial charge in [0.25, 0.3) is 5.69 Å². The normalized spacial score (nSPS) is 16.2. The summed E-state index contributed by atoms with van der Waals surface area (Å²) >= 11 is 6.28. The quantitative estimate of drug-likeness (QED) is 0.292. The largest absolute Gasteiger partial charge is 0.478 e. The Hall–Kier alpha value is -3.68. The van der Waals surface area contributed by atoms with Gasteiger partial charge in [-0.2, -0.15) is 0 Å². The number of hydrogen-bond acceptors (Lipinski definition) is 6. The molecule has 0 saturated heterocycles. The molecule has 0 bridgehead atoms. The van der Waals surface area contributed by atoms with Crippen LogP contribution < -0.4 is 9.47 Å². The second-order valence-electron chi connectivity index (χ2n) is 7.87. The monoisotopic (exact) mass is 462 g/mol. The number of halogens is 1. The van der Waals surface area contributed by atoms with Crippen molar-refractivity contribution in [2.45, 2.75) is 13.0 Å². The molecule has 0 fully saturated rings. The molecule has 0 radical (unpaired) electrons. The molecule has 0 aromatic heterocycles. The van der Waals surface area contributed by atoms with E-state index in [1.54, 1.807) is 30.3 Å². The van der Waals surface area contributed by atoms with E-state index in [9.17, 15) is 14.9 Å². The fourth-order valence-corrected chi connectivity index (χ4v) is 4.20. The molecule has 0 atom stereocenters. The summed E-state index contributed by atoms with van der Waals surface area (Å²) in [6.07, 6.45) is 2.37. The number of nitrogens with zero attached hydrogens (tertiary/aromatic N) is 2. The molecule has 2 aliphatic rings. The minimum absolute atomic E-state index is 0.0118. The molecule has 8 heteroatoms. The van der Waals surface area contributed by atoms with Gasteiger partial charge < -0.3 is 9.47 Å². The van der Waals surface area contributed by atoms with Crippen LogP contribution in [0, 0.1) is 10.1 Å². The minimum Gasteiger partial charge on any atom is -0.478 e. The molecule has 0 unspecified atom stereocenters. The second kappa shape index (κ2) is 8.69. The highest BCUT2D eigenvalue weighted by atomic mass is 35.5. The first-order valence-electron chi connectivity index (χ1n) is 10.4. The Bertz CT molecular complexity index is 1290. The Balaban J connectivity index is 1.35. The molecule has 166 valence electrons. The van der Waals surface area contributed by atoms with Crippen LogP contribution in [0.15, 0.2) is 66.4 Å². The van der Waals surface area contributed by atoms with E-state index in [4.69, 9.17) is 21.1 Å². The molecule has 0 spiro atoms. The Morgan fingerprint density at radius 3 is 2.64 bits per heavy atom. The molecule has 2 aliphatic heterocycles. The molecule has 0 aliphatic carbocycles. The topological polar surface area (TPSA) is 81.9 Å². The predicted octanol–water partition coefficient (Wildman–Crippen LogP) is 5.26. The maximum atomic E-state index is 12.9. The van der Waals surface area contributed by atoms with Crippen LogP contribution in [0.5, 0.6) is 11.5 Å². The zero-order valence-corrected chi connectivity index (χ0v) is 18.2. The van der Waals surface area contributed by atoms with Gasteiger partial charge in [-0.05, 0) is 54.0 Å². The van der Waals surface area contributed by atoms with E-state index < -0.39 is 4.92 Å². The summed E-state index contributed by atoms with van der Waals surface area (Å²) in [4.78, 5) is 25.4. The van der Waals surface area contributed by atoms with Crippen LogP contribution in [0.3, 0.4) is 0 Å². The van der Waals surface area contributed by atoms with Gasteiger partial charge in [-0.3, -0.25) is 19.8 Å². The van der Waals surface area contributed by atoms with Crippen molar-refractivity contribution < 1.29 is 19.2 Å². The third-order valence-corrected chi connectivity index (χ3v) is 6.11. The summed E-state index contributed by atoms with van der Waals surface area (Å²) < 4.78 is 11.9. The van der Waals surface area contributed by atoms with Gasteiger partial charge in [-0.25, -0.2) is 0 Å². The summed E-state index contributed by atoms with van der Waals surface area (Å²) in [7, 11) is 0. The lowest BCUT2D eigenvalue weighted by Crippen LogP contribution is -2.33. The number of non-ortho nitro benzene ring substituents is 1. The number of hydrogen-bond donors (Lipinski definition) is 0. The summed E-state index contributed by atoms with van der Waals surface area (Å²) in [5, 5.41) is 11.6. The van der Waals surface area contributed by atoms with Crippen LogP contribution in [0.25, 0.3) is 6.08 Å². The predicted molar refractivity (Wildman–Crippen MR) is 124 cm³/mol. The van der Waals surface area contributed by atoms with E-state index in [2.05, 4.69) is 4.90 Å². The zero-order valence-electron chi connectivity index (χ0n) is 17.5. The Morgan fingerprint density at radius 1 is 1.09 bits per heavy atom. The number of Topliss-reactive ketones (excluding diaryl/α,β-unsaturated/α-hetero) is 1. The number of ether oxygens (including phenoxy) is 2. The van der Waals surface area contributed by atoms with Crippen molar-refractivity contribution in [1.29, 1.82) is 0 Å². The van der Waals surface area contributed by atoms with E-state index >= 15 is 0 Å². The molecule has 7 nitrogen and oxygen atoms in total. The van der Waals surface area contributed by atoms with Crippen LogP contribution in [0.4, 0.5) is 5.69 Å². The van der Waals surface area contributed by atoms with Gasteiger partial charge in [0, 0.05) is 30.2 Å². The average molecular weight is 463 g/mol. The van der Waals surface area contributed by atoms with Gasteiger partial charge in [0.15, 0.2) is 5.76 Å². The number of carbonyl (C=O) groups is 1. The Kier molecular flexibility index (Phi) is 5.58. The molecule has 5 rings (SSSR count). The second-order valence-corrected chi connectivity index (χ2v) is 8.28. The number of nitro benzene ring substituents is 1. The van der Waals surface area contributed by atoms with Crippen molar-refractivity contribution in [1.82, 2.24) is 4.90 Å². The number of rotatable bonds is 5. The van der Waals surface area contributed by atoms with Crippen LogP contribution in [0.2, 0.25) is 5.02 Å². The number of benzene rings is 3. The first-order chi connectivity index (χ1) is 16.0. The van der Waals surface area contributed by atoms with E-state index in [0.29, 0.717) is 35.9 Å². The number of nitro groups is 1. The van der Waals surface area contributed by atoms with E-state index in [1.807, 2.05) is 24.3 Å². The SMILES string of the molecule is O=C1/C(=C/c2ccc([N+](=O)[O-])cc2)Oc2c1ccc1c2CN(CCc2ccccc2Cl)CO1. The van der Waals surface area contributed by atoms with Crippen molar-refractivity contribution in [2.75, 3.05) is 13.3 Å². The Morgan fingerprint density at radius 2 is 1.88 bits per heavy atom. The van der Waals surface area contributed by atoms with Gasteiger partial charge >= 0.3 is 0 Å². The molecule has 0 N–H and O–H groups in total. The summed E-state index contributed by atoms with van der Waals surface area (Å²) in [5.74, 6) is 1.17. The molecule has 2 heterocycles. The number of allylic oxidation sites excluding steroid dienone is 1. The van der Waals surface area contributed by atoms with Crippen molar-refractivity contribution in [3.8, 4) is 11.5 Å². The molecule has 3 aromatic rings. The Labute approximate surface area is 195 Å². The van der Waals surface area contributed by atoms with Crippen LogP contribution in [-0.4, -0.2) is 28.9 Å². The third-order valence-electron chi connectivity index (χ3n) is 5.74. The highest BCUT2D eigenvalue weighted by Gasteiger charge is 2.33. The molecule has 3 aromatic carbocycles. The molecular formula is C25H19ClN2O5. The average Bonchev–Trinajstić information content (AvgIpc) is 3.14. The lowest BCUT2D eigenvalue weighted by atomic mass is 10.0. The van der Waals surface area contributed by atoms with Gasteiger partial charge in [0.2, 0.25) is 5.78 Å². The first kappa shape index (κ1) is 21.2. The summed E-state index contributed by atoms with van der Waals surface area (Å²) in [5.41, 5.74) is 3.02. The smallest absolute Gasteiger partial charge is 0.269 e. The van der Waals surface area contributed by atoms with Crippen LogP contribution in [0.1, 0.15) is 27.0 Å². The molecule has 0 saturated carbocycles. The van der Waals surface area contributed by atoms with Crippen LogP contribution in [-0.2, 0) is 13.0 Å². The fourth-order valence-electron chi connectivity index (χ4n) is 3.97. The summed E-state index contributed by atoms with van der Waals surface area (Å²) in [6.45, 7) is 1.77. The maximum absolute atomic E-state index is 12.9. The van der Waals surface area contributed by atoms with Gasteiger partial charge in [-0.1, -0.05) is 29.8 Å². The summed E-state index contributed by atoms with van der Waals surface area (Å²) in [6, 6.07) is 17.2. The molecular weight excluding hydrogens is 444 g/mol. The van der Waals surface area contributed by atoms with Crippen molar-refractivity contribution >= 4 is 29.1 Å². The van der Waals surface area contributed by atoms with Crippen molar-refractivity contribution in [3.63, 3.8) is 0 Å². The van der Waals surface area contributed by atoms with Crippen molar-refractivity contribution in [2.24, 2.45) is 0 Å². The standard InChI is InChI=1S/C25H19ClN2O5/c26-21-4-2-1-3-17(21)11-12-27-14-20-22(32-15-27)10-9-19-24(29)23(33-25(19)20)13-16-5-7-18(8-6-16)28(30)31/h1-10,13H,11-12,14-15H2/b23-13-. The van der Waals surface area contributed by atoms with E-state index in [0.717, 1.165) is 29.1 Å². The highest BCUT2D eigenvalue weighted by Crippen LogP contribution is 2.42. The molecule has 33 heavy (non-hydrogen) atoms. The van der Waals surface area contributed by atoms with Gasteiger partial charge in [0.1, 0.15) is 18.2 Å². The third kappa shape index (κ3) is 4.20. The minimum atomic E-state index is -0.465. The first-order valence-corrected chi connectivity index (χ1v) is 10.8. The van der Waals surface area contributed by atoms with E-state index in [-0.39, 0.29) is 17.2 Å². The van der Waals surface area contributed by atoms with Crippen LogP contribution >= 0.6 is 11.6 Å². The lowest BCUT2D eigenvalue weighted by Gasteiger charge is -2.29. The van der Waals surface area contributed by atoms with Gasteiger partial charge in [-0.15, -0.1) is 0 Å².